The van der Waals surface area contributed by atoms with Crippen LogP contribution in [0.2, 0.25) is 0 Å². The third-order valence-electron chi connectivity index (χ3n) is 1.73. The summed E-state index contributed by atoms with van der Waals surface area (Å²) in [6.45, 7) is 3.73. The molecule has 0 aliphatic heterocycles. The van der Waals surface area contributed by atoms with E-state index >= 15 is 0 Å². The Morgan fingerprint density at radius 3 is 2.57 bits per heavy atom. The molecule has 6 heteroatoms. The fourth-order valence-corrected chi connectivity index (χ4v) is 1.40. The zero-order valence-electron chi connectivity index (χ0n) is 7.65. The number of hydrogen-bond donors (Lipinski definition) is 0. The Bertz CT molecular complexity index is 468. The number of hydrogen-bond acceptors (Lipinski definition) is 5. The minimum atomic E-state index is 0.491. The van der Waals surface area contributed by atoms with Crippen molar-refractivity contribution in [1.82, 2.24) is 20.4 Å². The van der Waals surface area contributed by atoms with E-state index in [9.17, 15) is 0 Å². The van der Waals surface area contributed by atoms with E-state index in [2.05, 4.69) is 20.4 Å². The first-order valence-electron chi connectivity index (χ1n) is 3.97. The van der Waals surface area contributed by atoms with E-state index in [0.29, 0.717) is 9.79 Å². The Labute approximate surface area is 94.1 Å². The fourth-order valence-electron chi connectivity index (χ4n) is 1.08. The van der Waals surface area contributed by atoms with Crippen LogP contribution in [0.15, 0.2) is 10.5 Å². The molecule has 0 saturated carbocycles. The van der Waals surface area contributed by atoms with Crippen LogP contribution in [0.25, 0.3) is 11.5 Å². The van der Waals surface area contributed by atoms with Crippen molar-refractivity contribution in [3.8, 4) is 11.5 Å². The molecule has 2 aromatic rings. The lowest BCUT2D eigenvalue weighted by Crippen LogP contribution is -1.93. The third-order valence-corrected chi connectivity index (χ3v) is 2.17. The Kier molecular flexibility index (Phi) is 2.44. The van der Waals surface area contributed by atoms with Gasteiger partial charge in [0, 0.05) is 22.6 Å². The molecule has 0 N–H and O–H groups in total. The van der Waals surface area contributed by atoms with Gasteiger partial charge in [-0.25, -0.2) is 0 Å². The minimum absolute atomic E-state index is 0.491. The molecular formula is C8H7IN4O. The van der Waals surface area contributed by atoms with Crippen molar-refractivity contribution in [3.05, 3.63) is 21.4 Å². The number of rotatable bonds is 1. The van der Waals surface area contributed by atoms with Crippen molar-refractivity contribution in [2.24, 2.45) is 0 Å². The predicted octanol–water partition coefficient (Wildman–Crippen LogP) is 1.75. The number of aryl methyl sites for hydroxylation is 2. The van der Waals surface area contributed by atoms with Gasteiger partial charge in [0.15, 0.2) is 0 Å². The van der Waals surface area contributed by atoms with Crippen LogP contribution in [0, 0.1) is 17.7 Å². The van der Waals surface area contributed by atoms with Crippen molar-refractivity contribution in [2.45, 2.75) is 13.8 Å². The zero-order valence-corrected chi connectivity index (χ0v) is 9.81. The maximum atomic E-state index is 5.30. The van der Waals surface area contributed by atoms with Gasteiger partial charge in [-0.05, 0) is 19.9 Å². The summed E-state index contributed by atoms with van der Waals surface area (Å²) in [5.41, 5.74) is 2.46. The first-order valence-corrected chi connectivity index (χ1v) is 5.05. The van der Waals surface area contributed by atoms with Crippen molar-refractivity contribution in [1.29, 1.82) is 0 Å². The summed E-state index contributed by atoms with van der Waals surface area (Å²) in [7, 11) is 0. The largest absolute Gasteiger partial charge is 0.412 e. The molecule has 0 aliphatic carbocycles. The summed E-state index contributed by atoms with van der Waals surface area (Å²) in [4.78, 5) is 0. The molecule has 2 heterocycles. The Hall–Kier alpha value is -1.05. The number of aromatic nitrogens is 4. The highest BCUT2D eigenvalue weighted by atomic mass is 127. The number of nitrogens with zero attached hydrogens (tertiary/aromatic N) is 4. The molecule has 2 rings (SSSR count). The van der Waals surface area contributed by atoms with Gasteiger partial charge in [0.1, 0.15) is 0 Å². The van der Waals surface area contributed by atoms with E-state index in [0.717, 1.165) is 17.0 Å². The lowest BCUT2D eigenvalue weighted by atomic mass is 10.2. The van der Waals surface area contributed by atoms with E-state index in [1.54, 1.807) is 0 Å². The summed E-state index contributed by atoms with van der Waals surface area (Å²) >= 11 is 1.97. The van der Waals surface area contributed by atoms with Crippen molar-refractivity contribution in [3.63, 3.8) is 0 Å². The minimum Gasteiger partial charge on any atom is -0.412 e. The molecule has 2 aromatic heterocycles. The molecule has 72 valence electrons. The van der Waals surface area contributed by atoms with Crippen molar-refractivity contribution < 1.29 is 4.42 Å². The fraction of sp³-hybridized carbons (Fsp3) is 0.250. The molecule has 0 atom stereocenters. The van der Waals surface area contributed by atoms with Crippen LogP contribution >= 0.6 is 22.6 Å². The smallest absolute Gasteiger partial charge is 0.278 e. The molecule has 0 bridgehead atoms. The van der Waals surface area contributed by atoms with Crippen molar-refractivity contribution in [2.75, 3.05) is 0 Å². The summed E-state index contributed by atoms with van der Waals surface area (Å²) in [5.74, 6) is 0.491. The van der Waals surface area contributed by atoms with Crippen LogP contribution in [0.1, 0.15) is 11.4 Å². The highest BCUT2D eigenvalue weighted by molar-refractivity contribution is 14.1. The van der Waals surface area contributed by atoms with E-state index in [1.165, 1.54) is 0 Å². The maximum absolute atomic E-state index is 5.30. The lowest BCUT2D eigenvalue weighted by Gasteiger charge is -1.98. The molecule has 0 unspecified atom stereocenters. The van der Waals surface area contributed by atoms with E-state index < -0.39 is 0 Å². The average Bonchev–Trinajstić information content (AvgIpc) is 2.56. The number of halogens is 1. The van der Waals surface area contributed by atoms with E-state index in [-0.39, 0.29) is 0 Å². The predicted molar refractivity (Wildman–Crippen MR) is 57.5 cm³/mol. The second-order valence-corrected chi connectivity index (χ2v) is 3.77. The first kappa shape index (κ1) is 9.50. The first-order chi connectivity index (χ1) is 6.66. The summed E-state index contributed by atoms with van der Waals surface area (Å²) in [6.07, 6.45) is 0. The van der Waals surface area contributed by atoms with Gasteiger partial charge < -0.3 is 4.42 Å². The van der Waals surface area contributed by atoms with Crippen LogP contribution in [-0.4, -0.2) is 20.4 Å². The topological polar surface area (TPSA) is 64.7 Å². The van der Waals surface area contributed by atoms with Crippen LogP contribution in [0.5, 0.6) is 0 Å². The quantitative estimate of drug-likeness (QED) is 0.751. The van der Waals surface area contributed by atoms with Crippen LogP contribution in [-0.2, 0) is 0 Å². The van der Waals surface area contributed by atoms with Crippen LogP contribution in [0.4, 0.5) is 0 Å². The molecule has 0 radical (unpaired) electrons. The summed E-state index contributed by atoms with van der Waals surface area (Å²) < 4.78 is 5.82. The summed E-state index contributed by atoms with van der Waals surface area (Å²) in [5, 5.41) is 15.6. The van der Waals surface area contributed by atoms with Crippen LogP contribution < -0.4 is 0 Å². The lowest BCUT2D eigenvalue weighted by molar-refractivity contribution is 0.536. The molecule has 0 saturated heterocycles. The summed E-state index contributed by atoms with van der Waals surface area (Å²) in [6, 6.07) is 1.88. The monoisotopic (exact) mass is 302 g/mol. The molecule has 0 fully saturated rings. The SMILES string of the molecule is Cc1cc(-c2nnc(I)o2)c(C)nn1. The second-order valence-electron chi connectivity index (χ2n) is 2.84. The van der Waals surface area contributed by atoms with E-state index in [1.807, 2.05) is 42.5 Å². The molecule has 14 heavy (non-hydrogen) atoms. The molecule has 5 nitrogen and oxygen atoms in total. The van der Waals surface area contributed by atoms with Gasteiger partial charge in [-0.2, -0.15) is 10.2 Å². The van der Waals surface area contributed by atoms with Gasteiger partial charge >= 0.3 is 0 Å². The van der Waals surface area contributed by atoms with Gasteiger partial charge in [0.25, 0.3) is 9.79 Å². The van der Waals surface area contributed by atoms with Gasteiger partial charge in [-0.1, -0.05) is 0 Å². The standard InChI is InChI=1S/C8H7IN4O/c1-4-3-6(5(2)11-10-4)7-12-13-8(9)14-7/h3H,1-2H3. The van der Waals surface area contributed by atoms with E-state index in [4.69, 9.17) is 4.42 Å². The normalized spacial score (nSPS) is 10.5. The molecule has 0 spiro atoms. The highest BCUT2D eigenvalue weighted by Gasteiger charge is 2.10. The average molecular weight is 302 g/mol. The molecule has 0 aromatic carbocycles. The van der Waals surface area contributed by atoms with Crippen LogP contribution in [0.3, 0.4) is 0 Å². The Morgan fingerprint density at radius 2 is 1.93 bits per heavy atom. The van der Waals surface area contributed by atoms with Gasteiger partial charge in [-0.15, -0.1) is 10.2 Å². The molecule has 0 amide bonds. The van der Waals surface area contributed by atoms with Gasteiger partial charge in [-0.3, -0.25) is 0 Å². The zero-order chi connectivity index (χ0) is 10.1. The maximum Gasteiger partial charge on any atom is 0.278 e. The van der Waals surface area contributed by atoms with Crippen molar-refractivity contribution >= 4 is 22.6 Å². The third kappa shape index (κ3) is 1.74. The molecule has 0 aliphatic rings. The van der Waals surface area contributed by atoms with Gasteiger partial charge in [0.2, 0.25) is 0 Å². The van der Waals surface area contributed by atoms with Gasteiger partial charge in [0.05, 0.1) is 17.0 Å². The second kappa shape index (κ2) is 3.60. The highest BCUT2D eigenvalue weighted by Crippen LogP contribution is 2.20. The molecular weight excluding hydrogens is 295 g/mol. The Morgan fingerprint density at radius 1 is 1.14 bits per heavy atom. The Balaban J connectivity index is 2.55.